The molecule has 3 aliphatic heterocycles. The number of aliphatic hydroxyl groups excluding tert-OH is 4. The lowest BCUT2D eigenvalue weighted by Crippen LogP contribution is -2.69. The minimum absolute atomic E-state index is 0.0585. The summed E-state index contributed by atoms with van der Waals surface area (Å²) in [6.45, 7) is 6.84. The van der Waals surface area contributed by atoms with Gasteiger partial charge in [-0.15, -0.1) is 0 Å². The summed E-state index contributed by atoms with van der Waals surface area (Å²) in [5, 5.41) is 65.2. The molecule has 6 aliphatic rings. The summed E-state index contributed by atoms with van der Waals surface area (Å²) in [5.41, 5.74) is -5.43. The van der Waals surface area contributed by atoms with Crippen LogP contribution < -0.4 is 0 Å². The number of rotatable bonds is 6. The van der Waals surface area contributed by atoms with E-state index in [4.69, 9.17) is 23.7 Å². The van der Waals surface area contributed by atoms with E-state index in [-0.39, 0.29) is 66.3 Å². The molecule has 0 bridgehead atoms. The van der Waals surface area contributed by atoms with Crippen molar-refractivity contribution in [2.24, 2.45) is 5.92 Å². The third kappa shape index (κ3) is 6.22. The Bertz CT molecular complexity index is 1740. The highest BCUT2D eigenvalue weighted by atomic mass is 16.7. The molecule has 0 radical (unpaired) electrons. The summed E-state index contributed by atoms with van der Waals surface area (Å²) in [4.78, 5) is 44.8. The van der Waals surface area contributed by atoms with Gasteiger partial charge in [-0.05, 0) is 59.3 Å². The summed E-state index contributed by atoms with van der Waals surface area (Å²) >= 11 is 0. The lowest BCUT2D eigenvalue weighted by atomic mass is 9.58. The molecule has 15 heteroatoms. The maximum absolute atomic E-state index is 14.5. The number of phenolic OH excluding ortho intramolecular Hbond substituents is 1. The van der Waals surface area contributed by atoms with Crippen molar-refractivity contribution in [1.82, 2.24) is 4.90 Å². The molecule has 15 unspecified atom stereocenters. The molecule has 15 nitrogen and oxygen atoms in total. The van der Waals surface area contributed by atoms with Gasteiger partial charge in [0.15, 0.2) is 35.5 Å². The van der Waals surface area contributed by atoms with Crippen LogP contribution in [0.15, 0.2) is 35.4 Å². The van der Waals surface area contributed by atoms with Gasteiger partial charge in [0, 0.05) is 48.4 Å². The number of likely N-dealkylation sites (N-methyl/N-ethyl adjacent to an activating group) is 1. The highest BCUT2D eigenvalue weighted by molar-refractivity contribution is 6.31. The fourth-order valence-electron chi connectivity index (χ4n) is 9.27. The van der Waals surface area contributed by atoms with Crippen molar-refractivity contribution < 1.29 is 68.7 Å². The number of ketones is 3. The predicted octanol–water partition coefficient (Wildman–Crippen LogP) is 1.00. The normalized spacial score (nSPS) is 43.9. The van der Waals surface area contributed by atoms with Crippen LogP contribution in [-0.2, 0) is 28.5 Å². The van der Waals surface area contributed by atoms with Gasteiger partial charge in [0.05, 0.1) is 47.8 Å². The molecule has 1 aromatic rings. The van der Waals surface area contributed by atoms with Crippen molar-refractivity contribution in [2.45, 2.75) is 145 Å². The quantitative estimate of drug-likeness (QED) is 0.238. The van der Waals surface area contributed by atoms with E-state index in [2.05, 4.69) is 0 Å². The number of hydrogen-bond donors (Lipinski definition) is 6. The molecular weight excluding hydrogens is 706 g/mol. The topological polar surface area (TPSA) is 222 Å². The third-order valence-corrected chi connectivity index (χ3v) is 12.2. The summed E-state index contributed by atoms with van der Waals surface area (Å²) in [7, 11) is 3.71. The molecule has 3 saturated heterocycles. The number of aliphatic hydroxyl groups is 5. The number of carbonyl (C=O) groups excluding carboxylic acids is 3. The number of hydrogen-bond acceptors (Lipinski definition) is 15. The maximum atomic E-state index is 14.5. The lowest BCUT2D eigenvalue weighted by Gasteiger charge is -2.54. The number of nitrogens with zero attached hydrogens (tertiary/aromatic N) is 1. The SMILES string of the molecule is CC1CC(=O)C2(O)C3=C(C=CC2(OC2CC(N(C)C)C(OC4CC(O)C(O)C(C)O4)C(C)O2)C1)C(=O)c1c(ccc(C2CC(O)C(O)C(C)O2)c1O)C3=O. The third-order valence-electron chi connectivity index (χ3n) is 12.2. The van der Waals surface area contributed by atoms with Gasteiger partial charge in [0.1, 0.15) is 29.7 Å². The van der Waals surface area contributed by atoms with E-state index in [9.17, 15) is 45.0 Å². The van der Waals surface area contributed by atoms with Crippen LogP contribution in [0.3, 0.4) is 0 Å². The molecule has 1 saturated carbocycles. The number of phenols is 1. The molecule has 296 valence electrons. The lowest BCUT2D eigenvalue weighted by molar-refractivity contribution is -0.322. The Morgan fingerprint density at radius 2 is 1.48 bits per heavy atom. The molecule has 0 spiro atoms. The van der Waals surface area contributed by atoms with Crippen LogP contribution in [0.1, 0.15) is 92.2 Å². The summed E-state index contributed by atoms with van der Waals surface area (Å²) in [6, 6.07) is 2.40. The Hall–Kier alpha value is -2.93. The van der Waals surface area contributed by atoms with Crippen LogP contribution in [0, 0.1) is 5.92 Å². The molecule has 0 amide bonds. The van der Waals surface area contributed by atoms with Crippen molar-refractivity contribution in [3.05, 3.63) is 52.1 Å². The van der Waals surface area contributed by atoms with Crippen molar-refractivity contribution in [1.29, 1.82) is 0 Å². The second-order valence-electron chi connectivity index (χ2n) is 16.2. The molecular formula is C39H51NO14. The first-order valence-electron chi connectivity index (χ1n) is 18.7. The molecule has 15 atom stereocenters. The predicted molar refractivity (Wildman–Crippen MR) is 187 cm³/mol. The van der Waals surface area contributed by atoms with E-state index >= 15 is 0 Å². The van der Waals surface area contributed by atoms with Crippen LogP contribution >= 0.6 is 0 Å². The van der Waals surface area contributed by atoms with Gasteiger partial charge in [-0.3, -0.25) is 14.4 Å². The monoisotopic (exact) mass is 757 g/mol. The zero-order chi connectivity index (χ0) is 39.2. The maximum Gasteiger partial charge on any atom is 0.198 e. The van der Waals surface area contributed by atoms with Gasteiger partial charge in [-0.2, -0.15) is 0 Å². The smallest absolute Gasteiger partial charge is 0.198 e. The van der Waals surface area contributed by atoms with Gasteiger partial charge in [0.2, 0.25) is 0 Å². The molecule has 4 fully saturated rings. The molecule has 7 rings (SSSR count). The second-order valence-corrected chi connectivity index (χ2v) is 16.2. The number of benzene rings is 1. The largest absolute Gasteiger partial charge is 0.507 e. The number of ether oxygens (including phenoxy) is 5. The molecule has 3 aliphatic carbocycles. The summed E-state index contributed by atoms with van der Waals surface area (Å²) < 4.78 is 31.1. The van der Waals surface area contributed by atoms with E-state index in [1.54, 1.807) is 20.8 Å². The van der Waals surface area contributed by atoms with Gasteiger partial charge in [-0.25, -0.2) is 0 Å². The van der Waals surface area contributed by atoms with Crippen LogP contribution in [0.4, 0.5) is 0 Å². The van der Waals surface area contributed by atoms with Crippen molar-refractivity contribution in [3.8, 4) is 5.75 Å². The average Bonchev–Trinajstić information content (AvgIpc) is 3.09. The molecule has 1 aromatic carbocycles. The Balaban J connectivity index is 1.19. The van der Waals surface area contributed by atoms with E-state index in [0.29, 0.717) is 0 Å². The van der Waals surface area contributed by atoms with E-state index in [1.807, 2.05) is 25.9 Å². The minimum atomic E-state index is -2.58. The highest BCUT2D eigenvalue weighted by Gasteiger charge is 2.66. The number of aromatic hydroxyl groups is 1. The number of allylic oxidation sites excluding steroid dienone is 2. The van der Waals surface area contributed by atoms with Crippen LogP contribution in [0.2, 0.25) is 0 Å². The number of carbonyl (C=O) groups is 3. The first-order valence-corrected chi connectivity index (χ1v) is 18.7. The summed E-state index contributed by atoms with van der Waals surface area (Å²) in [6.07, 6.45) is -6.65. The summed E-state index contributed by atoms with van der Waals surface area (Å²) in [5.74, 6) is -3.09. The van der Waals surface area contributed by atoms with Crippen LogP contribution in [-0.4, -0.2) is 146 Å². The zero-order valence-corrected chi connectivity index (χ0v) is 31.2. The van der Waals surface area contributed by atoms with Crippen molar-refractivity contribution in [3.63, 3.8) is 0 Å². The standard InChI is InChI=1S/C39H51NO14/c1-16-11-27(43)39(49)31-22(35(47)30-21(36(31)48)8-7-20(34(30)46)26-13-24(41)32(44)17(2)50-26)9-10-38(39,15-16)54-29-12-23(40(5)6)37(19(4)52-29)53-28-14-25(42)33(45)18(3)51-28/h7-10,16-19,23-26,28-29,32-33,37,41-42,44-46,49H,11-15H2,1-6H3. The van der Waals surface area contributed by atoms with Crippen LogP contribution in [0.5, 0.6) is 5.75 Å². The number of Topliss-reactive ketones (excluding diaryl/α,β-unsaturated/α-hetero) is 3. The van der Waals surface area contributed by atoms with E-state index in [0.717, 1.165) is 0 Å². The fraction of sp³-hybridized carbons (Fsp3) is 0.667. The van der Waals surface area contributed by atoms with Crippen molar-refractivity contribution in [2.75, 3.05) is 14.1 Å². The van der Waals surface area contributed by atoms with Crippen LogP contribution in [0.25, 0.3) is 0 Å². The fourth-order valence-corrected chi connectivity index (χ4v) is 9.27. The first kappa shape index (κ1) is 39.3. The molecule has 3 heterocycles. The van der Waals surface area contributed by atoms with Gasteiger partial charge in [-0.1, -0.05) is 19.1 Å². The van der Waals surface area contributed by atoms with Crippen molar-refractivity contribution >= 4 is 17.3 Å². The van der Waals surface area contributed by atoms with Gasteiger partial charge < -0.3 is 59.2 Å². The zero-order valence-electron chi connectivity index (χ0n) is 31.2. The number of fused-ring (bicyclic) bond motifs is 3. The van der Waals surface area contributed by atoms with E-state index in [1.165, 1.54) is 24.3 Å². The van der Waals surface area contributed by atoms with E-state index < -0.39 is 107 Å². The average molecular weight is 758 g/mol. The Morgan fingerprint density at radius 3 is 2.13 bits per heavy atom. The van der Waals surface area contributed by atoms with Gasteiger partial charge in [0.25, 0.3) is 0 Å². The molecule has 0 aromatic heterocycles. The highest BCUT2D eigenvalue weighted by Crippen LogP contribution is 2.53. The Kier molecular flexibility index (Phi) is 10.4. The Morgan fingerprint density at radius 1 is 0.833 bits per heavy atom. The first-order chi connectivity index (χ1) is 25.4. The van der Waals surface area contributed by atoms with Gasteiger partial charge >= 0.3 is 0 Å². The molecule has 54 heavy (non-hydrogen) atoms. The minimum Gasteiger partial charge on any atom is -0.507 e. The molecule has 6 N–H and O–H groups in total. The second kappa shape index (κ2) is 14.2. The Labute approximate surface area is 313 Å².